The van der Waals surface area contributed by atoms with Crippen LogP contribution in [0.5, 0.6) is 0 Å². The number of esters is 1. The summed E-state index contributed by atoms with van der Waals surface area (Å²) in [5.74, 6) is 0.185. The molecule has 0 heterocycles. The molecular weight excluding hydrogens is 184 g/mol. The molecule has 70 valence electrons. The van der Waals surface area contributed by atoms with E-state index in [-0.39, 0.29) is 5.97 Å². The molecule has 0 saturated heterocycles. The van der Waals surface area contributed by atoms with E-state index in [1.807, 2.05) is 31.2 Å². The van der Waals surface area contributed by atoms with Gasteiger partial charge in [-0.3, -0.25) is 4.79 Å². The van der Waals surface area contributed by atoms with Crippen molar-refractivity contribution in [2.24, 2.45) is 0 Å². The molecule has 0 aliphatic carbocycles. The average molecular weight is 196 g/mol. The Balaban J connectivity index is 2.46. The van der Waals surface area contributed by atoms with Crippen LogP contribution in [0.15, 0.2) is 29.2 Å². The Morgan fingerprint density at radius 3 is 2.54 bits per heavy atom. The summed E-state index contributed by atoms with van der Waals surface area (Å²) in [7, 11) is 1.40. The zero-order valence-electron chi connectivity index (χ0n) is 7.74. The van der Waals surface area contributed by atoms with E-state index in [4.69, 9.17) is 0 Å². The highest BCUT2D eigenvalue weighted by atomic mass is 32.2. The molecule has 0 aliphatic rings. The van der Waals surface area contributed by atoms with Crippen LogP contribution in [0.4, 0.5) is 0 Å². The minimum Gasteiger partial charge on any atom is -0.468 e. The molecule has 0 bridgehead atoms. The molecule has 0 N–H and O–H groups in total. The first-order valence-corrected chi connectivity index (χ1v) is 4.97. The Labute approximate surface area is 82.3 Å². The van der Waals surface area contributed by atoms with Gasteiger partial charge in [0.15, 0.2) is 0 Å². The van der Waals surface area contributed by atoms with Gasteiger partial charge in [0.25, 0.3) is 0 Å². The molecule has 0 aromatic heterocycles. The molecule has 1 aromatic carbocycles. The lowest BCUT2D eigenvalue weighted by Gasteiger charge is -2.00. The van der Waals surface area contributed by atoms with E-state index in [0.29, 0.717) is 5.75 Å². The Bertz CT molecular complexity index is 279. The van der Waals surface area contributed by atoms with E-state index in [1.54, 1.807) is 0 Å². The quantitative estimate of drug-likeness (QED) is 0.548. The molecule has 1 rings (SSSR count). The molecule has 0 saturated carbocycles. The molecule has 0 amide bonds. The van der Waals surface area contributed by atoms with E-state index in [2.05, 4.69) is 4.74 Å². The normalized spacial score (nSPS) is 9.69. The van der Waals surface area contributed by atoms with Gasteiger partial charge in [0, 0.05) is 4.90 Å². The second kappa shape index (κ2) is 4.92. The summed E-state index contributed by atoms with van der Waals surface area (Å²) < 4.78 is 4.54. The summed E-state index contributed by atoms with van der Waals surface area (Å²) in [5.41, 5.74) is 1.22. The van der Waals surface area contributed by atoms with Crippen LogP contribution in [0.25, 0.3) is 0 Å². The van der Waals surface area contributed by atoms with Crippen molar-refractivity contribution in [2.45, 2.75) is 11.8 Å². The maximum Gasteiger partial charge on any atom is 0.315 e. The van der Waals surface area contributed by atoms with E-state index in [1.165, 1.54) is 24.4 Å². The molecule has 3 heteroatoms. The molecule has 0 spiro atoms. The number of aryl methyl sites for hydroxylation is 1. The van der Waals surface area contributed by atoms with Crippen LogP contribution in [0.3, 0.4) is 0 Å². The van der Waals surface area contributed by atoms with Crippen molar-refractivity contribution >= 4 is 17.7 Å². The van der Waals surface area contributed by atoms with Crippen molar-refractivity contribution in [2.75, 3.05) is 12.9 Å². The topological polar surface area (TPSA) is 26.3 Å². The predicted molar refractivity (Wildman–Crippen MR) is 53.9 cm³/mol. The summed E-state index contributed by atoms with van der Waals surface area (Å²) in [6.07, 6.45) is 0. The zero-order chi connectivity index (χ0) is 9.68. The second-order valence-electron chi connectivity index (χ2n) is 2.68. The van der Waals surface area contributed by atoms with Gasteiger partial charge in [0.2, 0.25) is 0 Å². The molecule has 1 aromatic rings. The van der Waals surface area contributed by atoms with Crippen molar-refractivity contribution in [1.82, 2.24) is 0 Å². The fourth-order valence-electron chi connectivity index (χ4n) is 0.836. The summed E-state index contributed by atoms with van der Waals surface area (Å²) >= 11 is 1.49. The maximum atomic E-state index is 10.8. The van der Waals surface area contributed by atoms with Crippen molar-refractivity contribution in [3.63, 3.8) is 0 Å². The first kappa shape index (κ1) is 10.1. The highest BCUT2D eigenvalue weighted by Crippen LogP contribution is 2.17. The van der Waals surface area contributed by atoms with Crippen LogP contribution >= 0.6 is 11.8 Å². The third-order valence-electron chi connectivity index (χ3n) is 1.61. The maximum absolute atomic E-state index is 10.8. The summed E-state index contributed by atoms with van der Waals surface area (Å²) in [4.78, 5) is 11.9. The molecule has 0 unspecified atom stereocenters. The van der Waals surface area contributed by atoms with E-state index < -0.39 is 0 Å². The Hall–Kier alpha value is -0.960. The standard InChI is InChI=1S/C10H12O2S/c1-8-3-5-9(6-4-8)13-7-10(11)12-2/h3-6H,7H2,1-2H3. The van der Waals surface area contributed by atoms with Crippen molar-refractivity contribution in [3.8, 4) is 0 Å². The first-order chi connectivity index (χ1) is 6.22. The lowest BCUT2D eigenvalue weighted by Crippen LogP contribution is -2.02. The molecule has 0 aliphatic heterocycles. The monoisotopic (exact) mass is 196 g/mol. The molecule has 0 fully saturated rings. The predicted octanol–water partition coefficient (Wildman–Crippen LogP) is 2.26. The zero-order valence-corrected chi connectivity index (χ0v) is 8.56. The summed E-state index contributed by atoms with van der Waals surface area (Å²) in [6, 6.07) is 8.06. The van der Waals surface area contributed by atoms with Crippen LogP contribution in [-0.4, -0.2) is 18.8 Å². The van der Waals surface area contributed by atoms with Gasteiger partial charge >= 0.3 is 5.97 Å². The SMILES string of the molecule is COC(=O)CSc1ccc(C)cc1. The van der Waals surface area contributed by atoms with Gasteiger partial charge in [-0.25, -0.2) is 0 Å². The van der Waals surface area contributed by atoms with Crippen molar-refractivity contribution in [3.05, 3.63) is 29.8 Å². The number of thioether (sulfide) groups is 1. The Morgan fingerprint density at radius 2 is 2.00 bits per heavy atom. The Kier molecular flexibility index (Phi) is 3.83. The third-order valence-corrected chi connectivity index (χ3v) is 2.59. The number of rotatable bonds is 3. The minimum atomic E-state index is -0.189. The van der Waals surface area contributed by atoms with Crippen molar-refractivity contribution < 1.29 is 9.53 Å². The number of benzene rings is 1. The van der Waals surface area contributed by atoms with Gasteiger partial charge in [-0.2, -0.15) is 0 Å². The first-order valence-electron chi connectivity index (χ1n) is 3.98. The third kappa shape index (κ3) is 3.51. The second-order valence-corrected chi connectivity index (χ2v) is 3.73. The van der Waals surface area contributed by atoms with Crippen LogP contribution in [0, 0.1) is 6.92 Å². The Morgan fingerprint density at radius 1 is 1.38 bits per heavy atom. The number of hydrogen-bond donors (Lipinski definition) is 0. The number of carbonyl (C=O) groups is 1. The van der Waals surface area contributed by atoms with Crippen molar-refractivity contribution in [1.29, 1.82) is 0 Å². The molecular formula is C10H12O2S. The van der Waals surface area contributed by atoms with Crippen LogP contribution in [0.2, 0.25) is 0 Å². The van der Waals surface area contributed by atoms with Gasteiger partial charge in [0.1, 0.15) is 0 Å². The largest absolute Gasteiger partial charge is 0.468 e. The van der Waals surface area contributed by atoms with Gasteiger partial charge in [0.05, 0.1) is 12.9 Å². The molecule has 13 heavy (non-hydrogen) atoms. The van der Waals surface area contributed by atoms with Crippen LogP contribution in [0.1, 0.15) is 5.56 Å². The average Bonchev–Trinajstić information content (AvgIpc) is 2.16. The van der Waals surface area contributed by atoms with Gasteiger partial charge in [-0.1, -0.05) is 17.7 Å². The molecule has 2 nitrogen and oxygen atoms in total. The number of carbonyl (C=O) groups excluding carboxylic acids is 1. The fourth-order valence-corrected chi connectivity index (χ4v) is 1.57. The minimum absolute atomic E-state index is 0.189. The fraction of sp³-hybridized carbons (Fsp3) is 0.300. The number of ether oxygens (including phenoxy) is 1. The lowest BCUT2D eigenvalue weighted by atomic mass is 10.2. The lowest BCUT2D eigenvalue weighted by molar-refractivity contribution is -0.137. The number of hydrogen-bond acceptors (Lipinski definition) is 3. The highest BCUT2D eigenvalue weighted by molar-refractivity contribution is 8.00. The smallest absolute Gasteiger partial charge is 0.315 e. The highest BCUT2D eigenvalue weighted by Gasteiger charge is 2.00. The van der Waals surface area contributed by atoms with Gasteiger partial charge in [-0.05, 0) is 19.1 Å². The number of methoxy groups -OCH3 is 1. The summed E-state index contributed by atoms with van der Waals surface area (Å²) in [5, 5.41) is 0. The van der Waals surface area contributed by atoms with E-state index >= 15 is 0 Å². The van der Waals surface area contributed by atoms with Gasteiger partial charge < -0.3 is 4.74 Å². The molecule has 0 atom stereocenters. The van der Waals surface area contributed by atoms with Crippen LogP contribution < -0.4 is 0 Å². The van der Waals surface area contributed by atoms with E-state index in [9.17, 15) is 4.79 Å². The summed E-state index contributed by atoms with van der Waals surface area (Å²) in [6.45, 7) is 2.04. The molecule has 0 radical (unpaired) electrons. The van der Waals surface area contributed by atoms with Gasteiger partial charge in [-0.15, -0.1) is 11.8 Å². The van der Waals surface area contributed by atoms with E-state index in [0.717, 1.165) is 4.90 Å². The van der Waals surface area contributed by atoms with Crippen LogP contribution in [-0.2, 0) is 9.53 Å².